The van der Waals surface area contributed by atoms with Crippen molar-refractivity contribution in [3.8, 4) is 17.2 Å². The fraction of sp³-hybridized carbons (Fsp3) is 0.333. The Labute approximate surface area is 170 Å². The Bertz CT molecular complexity index is 1100. The summed E-state index contributed by atoms with van der Waals surface area (Å²) >= 11 is 0. The van der Waals surface area contributed by atoms with Crippen LogP contribution in [0.15, 0.2) is 24.3 Å². The van der Waals surface area contributed by atoms with Crippen molar-refractivity contribution in [3.05, 3.63) is 57.2 Å². The summed E-state index contributed by atoms with van der Waals surface area (Å²) in [6.45, 7) is 10.9. The molecule has 0 amide bonds. The summed E-state index contributed by atoms with van der Waals surface area (Å²) in [7, 11) is 0. The van der Waals surface area contributed by atoms with Crippen LogP contribution in [-0.4, -0.2) is 16.7 Å². The lowest BCUT2D eigenvalue weighted by molar-refractivity contribution is -0.160. The molecule has 4 nitrogen and oxygen atoms in total. The van der Waals surface area contributed by atoms with Gasteiger partial charge in [0.1, 0.15) is 5.82 Å². The largest absolute Gasteiger partial charge is 0.479 e. The SMILES string of the molecule is CC=c1cc(C)c(C(OC(C)(C)C)C(=O)O)c(-c2ccc(F)cc2C#N)c1=CC. The van der Waals surface area contributed by atoms with Crippen LogP contribution in [-0.2, 0) is 9.53 Å². The fourth-order valence-corrected chi connectivity index (χ4v) is 3.47. The first kappa shape index (κ1) is 22.3. The summed E-state index contributed by atoms with van der Waals surface area (Å²) in [5.41, 5.74) is 1.68. The van der Waals surface area contributed by atoms with Gasteiger partial charge in [0.25, 0.3) is 0 Å². The van der Waals surface area contributed by atoms with Gasteiger partial charge in [-0.2, -0.15) is 5.26 Å². The van der Waals surface area contributed by atoms with Crippen molar-refractivity contribution in [2.24, 2.45) is 0 Å². The van der Waals surface area contributed by atoms with Gasteiger partial charge in [0, 0.05) is 11.1 Å². The van der Waals surface area contributed by atoms with Crippen LogP contribution >= 0.6 is 0 Å². The number of halogens is 1. The number of carboxylic acids is 1. The van der Waals surface area contributed by atoms with Crippen molar-refractivity contribution < 1.29 is 19.0 Å². The molecule has 29 heavy (non-hydrogen) atoms. The summed E-state index contributed by atoms with van der Waals surface area (Å²) in [5, 5.41) is 21.3. The highest BCUT2D eigenvalue weighted by Crippen LogP contribution is 2.34. The van der Waals surface area contributed by atoms with Crippen molar-refractivity contribution in [2.75, 3.05) is 0 Å². The third kappa shape index (κ3) is 4.72. The summed E-state index contributed by atoms with van der Waals surface area (Å²) in [5.74, 6) is -1.65. The molecule has 0 fully saturated rings. The van der Waals surface area contributed by atoms with Gasteiger partial charge in [0.2, 0.25) is 0 Å². The summed E-state index contributed by atoms with van der Waals surface area (Å²) in [6.07, 6.45) is 2.55. The van der Waals surface area contributed by atoms with Crippen LogP contribution in [0.4, 0.5) is 4.39 Å². The molecule has 0 spiro atoms. The van der Waals surface area contributed by atoms with Crippen LogP contribution < -0.4 is 10.4 Å². The molecule has 2 aromatic carbocycles. The number of aryl methyl sites for hydroxylation is 1. The first-order valence-electron chi connectivity index (χ1n) is 9.40. The molecule has 2 rings (SSSR count). The minimum atomic E-state index is -1.24. The Kier molecular flexibility index (Phi) is 6.61. The van der Waals surface area contributed by atoms with Crippen molar-refractivity contribution in [1.82, 2.24) is 0 Å². The van der Waals surface area contributed by atoms with E-state index in [0.717, 1.165) is 22.1 Å². The predicted octanol–water partition coefficient (Wildman–Crippen LogP) is 4.21. The van der Waals surface area contributed by atoms with Crippen LogP contribution in [0.3, 0.4) is 0 Å². The molecule has 2 aromatic rings. The number of benzene rings is 2. The second-order valence-electron chi connectivity index (χ2n) is 7.81. The summed E-state index contributed by atoms with van der Waals surface area (Å²) in [6, 6.07) is 7.90. The number of aliphatic carboxylic acids is 1. The molecule has 0 aliphatic carbocycles. The maximum absolute atomic E-state index is 13.8. The van der Waals surface area contributed by atoms with Crippen LogP contribution in [0.5, 0.6) is 0 Å². The molecule has 5 heteroatoms. The lowest BCUT2D eigenvalue weighted by Gasteiger charge is -2.28. The molecule has 0 bridgehead atoms. The van der Waals surface area contributed by atoms with E-state index in [4.69, 9.17) is 4.74 Å². The first-order valence-corrected chi connectivity index (χ1v) is 9.40. The van der Waals surface area contributed by atoms with E-state index in [1.54, 1.807) is 20.8 Å². The molecule has 0 aliphatic rings. The third-order valence-electron chi connectivity index (χ3n) is 4.58. The second kappa shape index (κ2) is 8.59. The number of carboxylic acid groups (broad SMARTS) is 1. The van der Waals surface area contributed by atoms with Crippen LogP contribution in [0.25, 0.3) is 23.3 Å². The lowest BCUT2D eigenvalue weighted by atomic mass is 9.87. The number of carbonyl (C=O) groups is 1. The zero-order chi connectivity index (χ0) is 21.9. The van der Waals surface area contributed by atoms with Crippen LogP contribution in [0.2, 0.25) is 0 Å². The van der Waals surface area contributed by atoms with Gasteiger partial charge < -0.3 is 9.84 Å². The number of hydrogen-bond donors (Lipinski definition) is 1. The Balaban J connectivity index is 3.08. The van der Waals surface area contributed by atoms with E-state index in [9.17, 15) is 19.6 Å². The van der Waals surface area contributed by atoms with Gasteiger partial charge in [-0.25, -0.2) is 9.18 Å². The highest BCUT2D eigenvalue weighted by molar-refractivity contribution is 5.83. The zero-order valence-electron chi connectivity index (χ0n) is 17.6. The normalized spacial score (nSPS) is 14.0. The molecule has 0 aliphatic heterocycles. The van der Waals surface area contributed by atoms with E-state index in [0.29, 0.717) is 16.7 Å². The quantitative estimate of drug-likeness (QED) is 0.842. The third-order valence-corrected chi connectivity index (χ3v) is 4.58. The zero-order valence-corrected chi connectivity index (χ0v) is 17.6. The predicted molar refractivity (Wildman–Crippen MR) is 112 cm³/mol. The minimum Gasteiger partial charge on any atom is -0.479 e. The Morgan fingerprint density at radius 2 is 1.90 bits per heavy atom. The average Bonchev–Trinajstić information content (AvgIpc) is 2.64. The maximum Gasteiger partial charge on any atom is 0.337 e. The summed E-state index contributed by atoms with van der Waals surface area (Å²) < 4.78 is 19.7. The molecule has 0 radical (unpaired) electrons. The van der Waals surface area contributed by atoms with E-state index in [2.05, 4.69) is 0 Å². The van der Waals surface area contributed by atoms with E-state index in [-0.39, 0.29) is 5.56 Å². The van der Waals surface area contributed by atoms with Gasteiger partial charge in [-0.3, -0.25) is 0 Å². The van der Waals surface area contributed by atoms with E-state index >= 15 is 0 Å². The molecule has 0 aromatic heterocycles. The van der Waals surface area contributed by atoms with Crippen molar-refractivity contribution in [2.45, 2.75) is 53.2 Å². The molecule has 1 N–H and O–H groups in total. The molecule has 1 atom stereocenters. The molecular weight excluding hydrogens is 369 g/mol. The average molecular weight is 395 g/mol. The highest BCUT2D eigenvalue weighted by atomic mass is 19.1. The van der Waals surface area contributed by atoms with Crippen molar-refractivity contribution in [3.63, 3.8) is 0 Å². The molecule has 0 saturated heterocycles. The Morgan fingerprint density at radius 1 is 1.24 bits per heavy atom. The Morgan fingerprint density at radius 3 is 2.38 bits per heavy atom. The van der Waals surface area contributed by atoms with Gasteiger partial charge in [0.05, 0.1) is 17.2 Å². The topological polar surface area (TPSA) is 70.3 Å². The number of rotatable bonds is 4. The van der Waals surface area contributed by atoms with E-state index < -0.39 is 23.5 Å². The van der Waals surface area contributed by atoms with Crippen LogP contribution in [0, 0.1) is 24.1 Å². The smallest absolute Gasteiger partial charge is 0.337 e. The minimum absolute atomic E-state index is 0.141. The lowest BCUT2D eigenvalue weighted by Crippen LogP contribution is -2.34. The van der Waals surface area contributed by atoms with Gasteiger partial charge in [-0.05, 0) is 75.2 Å². The fourth-order valence-electron chi connectivity index (χ4n) is 3.47. The number of ether oxygens (including phenoxy) is 1. The second-order valence-corrected chi connectivity index (χ2v) is 7.81. The molecule has 0 heterocycles. The molecule has 0 saturated carbocycles. The Hall–Kier alpha value is -2.97. The van der Waals surface area contributed by atoms with Gasteiger partial charge in [-0.1, -0.05) is 24.3 Å². The standard InChI is InChI=1S/C24H26FNO3/c1-7-15-11-14(3)20(22(23(27)28)29-24(4,5)6)21(18(15)8-2)19-10-9-17(25)12-16(19)13-26/h7-12,22H,1-6H3,(H,27,28). The highest BCUT2D eigenvalue weighted by Gasteiger charge is 2.31. The number of nitrogens with zero attached hydrogens (tertiary/aromatic N) is 1. The molecular formula is C24H26FNO3. The first-order chi connectivity index (χ1) is 13.5. The number of hydrogen-bond acceptors (Lipinski definition) is 3. The monoisotopic (exact) mass is 395 g/mol. The van der Waals surface area contributed by atoms with Gasteiger partial charge in [-0.15, -0.1) is 0 Å². The molecule has 152 valence electrons. The molecule has 1 unspecified atom stereocenters. The summed E-state index contributed by atoms with van der Waals surface area (Å²) in [4.78, 5) is 12.2. The van der Waals surface area contributed by atoms with Crippen molar-refractivity contribution >= 4 is 18.1 Å². The van der Waals surface area contributed by atoms with E-state index in [1.807, 2.05) is 45.1 Å². The van der Waals surface area contributed by atoms with Gasteiger partial charge >= 0.3 is 5.97 Å². The van der Waals surface area contributed by atoms with E-state index in [1.165, 1.54) is 12.1 Å². The van der Waals surface area contributed by atoms with Gasteiger partial charge in [0.15, 0.2) is 6.10 Å². The maximum atomic E-state index is 13.8. The van der Waals surface area contributed by atoms with Crippen molar-refractivity contribution in [1.29, 1.82) is 5.26 Å². The number of nitriles is 1. The van der Waals surface area contributed by atoms with Crippen LogP contribution in [0.1, 0.15) is 57.4 Å².